The molecule has 5 nitrogen and oxygen atoms in total. The average Bonchev–Trinajstić information content (AvgIpc) is 2.97. The lowest BCUT2D eigenvalue weighted by molar-refractivity contribution is -0.142. The van der Waals surface area contributed by atoms with E-state index in [2.05, 4.69) is 10.1 Å². The van der Waals surface area contributed by atoms with Crippen molar-refractivity contribution < 1.29 is 22.7 Å². The summed E-state index contributed by atoms with van der Waals surface area (Å²) in [4.78, 5) is 16.2. The first kappa shape index (κ1) is 17.9. The number of aromatic nitrogens is 3. The summed E-state index contributed by atoms with van der Waals surface area (Å²) < 4.78 is 46.1. The Kier molecular flexibility index (Phi) is 4.43. The number of ether oxygens (including phenoxy) is 1. The van der Waals surface area contributed by atoms with Gasteiger partial charge in [-0.2, -0.15) is 18.3 Å². The van der Waals surface area contributed by atoms with Crippen molar-refractivity contribution in [1.82, 2.24) is 14.6 Å². The van der Waals surface area contributed by atoms with Gasteiger partial charge in [-0.15, -0.1) is 0 Å². The molecule has 3 aromatic rings. The first-order valence-electron chi connectivity index (χ1n) is 7.91. The van der Waals surface area contributed by atoms with Crippen molar-refractivity contribution in [2.75, 3.05) is 0 Å². The lowest BCUT2D eigenvalue weighted by Crippen LogP contribution is -2.15. The smallest absolute Gasteiger partial charge is 0.433 e. The highest BCUT2D eigenvalue weighted by molar-refractivity contribution is 5.88. The molecular formula is C18H16F3N3O2. The van der Waals surface area contributed by atoms with E-state index in [1.54, 1.807) is 38.1 Å². The standard InChI is InChI=1S/C18H16F3N3O2/c1-10(2)26-17(25)14-9-16-22-13(12-6-4-11(3)5-7-12)8-15(18(19,20)21)24(16)23-14/h4-10H,1-3H3. The Balaban J connectivity index is 2.17. The SMILES string of the molecule is Cc1ccc(-c2cc(C(F)(F)F)n3nc(C(=O)OC(C)C)cc3n2)cc1. The topological polar surface area (TPSA) is 56.5 Å². The maximum atomic E-state index is 13.5. The van der Waals surface area contributed by atoms with Gasteiger partial charge in [-0.3, -0.25) is 0 Å². The predicted octanol–water partition coefficient (Wildman–Crippen LogP) is 4.29. The number of fused-ring (bicyclic) bond motifs is 1. The highest BCUT2D eigenvalue weighted by Gasteiger charge is 2.35. The van der Waals surface area contributed by atoms with Crippen molar-refractivity contribution >= 4 is 11.6 Å². The van der Waals surface area contributed by atoms with Gasteiger partial charge in [0, 0.05) is 11.6 Å². The Labute approximate surface area is 147 Å². The maximum absolute atomic E-state index is 13.5. The van der Waals surface area contributed by atoms with E-state index in [1.807, 2.05) is 6.92 Å². The molecule has 0 aliphatic carbocycles. The molecular weight excluding hydrogens is 347 g/mol. The van der Waals surface area contributed by atoms with Gasteiger partial charge in [-0.1, -0.05) is 29.8 Å². The third-order valence-electron chi connectivity index (χ3n) is 3.62. The number of nitrogens with zero attached hydrogens (tertiary/aromatic N) is 3. The van der Waals surface area contributed by atoms with Crippen molar-refractivity contribution in [2.45, 2.75) is 33.1 Å². The summed E-state index contributed by atoms with van der Waals surface area (Å²) in [7, 11) is 0. The zero-order chi connectivity index (χ0) is 19.1. The molecule has 0 spiro atoms. The second-order valence-electron chi connectivity index (χ2n) is 6.14. The van der Waals surface area contributed by atoms with Gasteiger partial charge < -0.3 is 4.74 Å². The number of rotatable bonds is 3. The number of benzene rings is 1. The van der Waals surface area contributed by atoms with Gasteiger partial charge in [0.25, 0.3) is 0 Å². The third-order valence-corrected chi connectivity index (χ3v) is 3.62. The molecule has 0 radical (unpaired) electrons. The first-order valence-corrected chi connectivity index (χ1v) is 7.91. The molecule has 0 amide bonds. The fourth-order valence-corrected chi connectivity index (χ4v) is 2.42. The molecule has 3 rings (SSSR count). The van der Waals surface area contributed by atoms with Crippen LogP contribution in [0.25, 0.3) is 16.9 Å². The van der Waals surface area contributed by atoms with Gasteiger partial charge in [0.15, 0.2) is 17.0 Å². The van der Waals surface area contributed by atoms with Crippen LogP contribution in [-0.4, -0.2) is 26.7 Å². The van der Waals surface area contributed by atoms with Crippen molar-refractivity contribution in [1.29, 1.82) is 0 Å². The number of hydrogen-bond donors (Lipinski definition) is 0. The van der Waals surface area contributed by atoms with Crippen molar-refractivity contribution in [3.05, 3.63) is 53.3 Å². The number of halogens is 3. The molecule has 2 aromatic heterocycles. The number of aryl methyl sites for hydroxylation is 1. The second-order valence-corrected chi connectivity index (χ2v) is 6.14. The van der Waals surface area contributed by atoms with Crippen LogP contribution in [0.5, 0.6) is 0 Å². The number of hydrogen-bond acceptors (Lipinski definition) is 4. The largest absolute Gasteiger partial charge is 0.458 e. The molecule has 0 saturated carbocycles. The van der Waals surface area contributed by atoms with E-state index < -0.39 is 23.9 Å². The van der Waals surface area contributed by atoms with Gasteiger partial charge in [0.1, 0.15) is 0 Å². The summed E-state index contributed by atoms with van der Waals surface area (Å²) in [5.74, 6) is -0.796. The highest BCUT2D eigenvalue weighted by Crippen LogP contribution is 2.32. The Morgan fingerprint density at radius 1 is 1.15 bits per heavy atom. The van der Waals surface area contributed by atoms with Crippen LogP contribution in [0.4, 0.5) is 13.2 Å². The van der Waals surface area contributed by atoms with E-state index in [1.165, 1.54) is 6.07 Å². The molecule has 26 heavy (non-hydrogen) atoms. The Morgan fingerprint density at radius 2 is 1.81 bits per heavy atom. The van der Waals surface area contributed by atoms with Crippen molar-refractivity contribution in [3.8, 4) is 11.3 Å². The molecule has 0 saturated heterocycles. The van der Waals surface area contributed by atoms with Gasteiger partial charge in [0.2, 0.25) is 0 Å². The van der Waals surface area contributed by atoms with Crippen LogP contribution < -0.4 is 0 Å². The predicted molar refractivity (Wildman–Crippen MR) is 88.7 cm³/mol. The second kappa shape index (κ2) is 6.44. The highest BCUT2D eigenvalue weighted by atomic mass is 19.4. The number of carbonyl (C=O) groups is 1. The molecule has 0 fully saturated rings. The Bertz CT molecular complexity index is 960. The summed E-state index contributed by atoms with van der Waals surface area (Å²) in [6, 6.07) is 9.07. The third kappa shape index (κ3) is 3.54. The van der Waals surface area contributed by atoms with E-state index in [9.17, 15) is 18.0 Å². The first-order chi connectivity index (χ1) is 12.1. The summed E-state index contributed by atoms with van der Waals surface area (Å²) in [6.07, 6.45) is -5.07. The fourth-order valence-electron chi connectivity index (χ4n) is 2.42. The lowest BCUT2D eigenvalue weighted by Gasteiger charge is -2.11. The summed E-state index contributed by atoms with van der Waals surface area (Å²) in [5.41, 5.74) is 0.351. The molecule has 0 bridgehead atoms. The van der Waals surface area contributed by atoms with Crippen LogP contribution in [0.1, 0.15) is 35.6 Å². The fraction of sp³-hybridized carbons (Fsp3) is 0.278. The van der Waals surface area contributed by atoms with Crippen LogP contribution >= 0.6 is 0 Å². The molecule has 136 valence electrons. The van der Waals surface area contributed by atoms with Crippen molar-refractivity contribution in [2.24, 2.45) is 0 Å². The molecule has 2 heterocycles. The molecule has 0 atom stereocenters. The van der Waals surface area contributed by atoms with Crippen LogP contribution in [0.3, 0.4) is 0 Å². The molecule has 0 aliphatic rings. The lowest BCUT2D eigenvalue weighted by atomic mass is 10.1. The molecule has 0 aliphatic heterocycles. The normalized spacial score (nSPS) is 12.0. The zero-order valence-corrected chi connectivity index (χ0v) is 14.3. The van der Waals surface area contributed by atoms with E-state index >= 15 is 0 Å². The number of esters is 1. The zero-order valence-electron chi connectivity index (χ0n) is 14.3. The van der Waals surface area contributed by atoms with E-state index in [4.69, 9.17) is 4.74 Å². The van der Waals surface area contributed by atoms with Crippen LogP contribution in [0.2, 0.25) is 0 Å². The molecule has 0 N–H and O–H groups in total. The quantitative estimate of drug-likeness (QED) is 0.652. The summed E-state index contributed by atoms with van der Waals surface area (Å²) in [5, 5.41) is 3.74. The average molecular weight is 363 g/mol. The number of carbonyl (C=O) groups excluding carboxylic acids is 1. The van der Waals surface area contributed by atoms with E-state index in [0.717, 1.165) is 11.6 Å². The summed E-state index contributed by atoms with van der Waals surface area (Å²) >= 11 is 0. The van der Waals surface area contributed by atoms with Gasteiger partial charge in [-0.05, 0) is 26.8 Å². The van der Waals surface area contributed by atoms with Crippen LogP contribution in [0.15, 0.2) is 36.4 Å². The van der Waals surface area contributed by atoms with Gasteiger partial charge in [0.05, 0.1) is 11.8 Å². The van der Waals surface area contributed by atoms with Crippen LogP contribution in [0, 0.1) is 6.92 Å². The number of alkyl halides is 3. The molecule has 0 unspecified atom stereocenters. The van der Waals surface area contributed by atoms with E-state index in [0.29, 0.717) is 10.1 Å². The Morgan fingerprint density at radius 3 is 2.38 bits per heavy atom. The van der Waals surface area contributed by atoms with Crippen LogP contribution in [-0.2, 0) is 10.9 Å². The minimum atomic E-state index is -4.66. The minimum absolute atomic E-state index is 0.0777. The maximum Gasteiger partial charge on any atom is 0.433 e. The molecule has 1 aromatic carbocycles. The molecule has 8 heteroatoms. The monoisotopic (exact) mass is 363 g/mol. The Hall–Kier alpha value is -2.90. The van der Waals surface area contributed by atoms with Gasteiger partial charge in [-0.25, -0.2) is 14.3 Å². The van der Waals surface area contributed by atoms with E-state index in [-0.39, 0.29) is 17.0 Å². The minimum Gasteiger partial charge on any atom is -0.458 e. The summed E-state index contributed by atoms with van der Waals surface area (Å²) in [6.45, 7) is 5.16. The van der Waals surface area contributed by atoms with Crippen molar-refractivity contribution in [3.63, 3.8) is 0 Å². The van der Waals surface area contributed by atoms with Gasteiger partial charge >= 0.3 is 12.1 Å².